The average Bonchev–Trinajstić information content (AvgIpc) is 2.35. The van der Waals surface area contributed by atoms with Crippen LogP contribution in [0.15, 0.2) is 24.3 Å². The first-order valence-electron chi connectivity index (χ1n) is 6.97. The van der Waals surface area contributed by atoms with Crippen molar-refractivity contribution in [1.82, 2.24) is 5.32 Å². The monoisotopic (exact) mass is 299 g/mol. The Bertz CT molecular complexity index is 382. The minimum atomic E-state index is 0.310. The summed E-state index contributed by atoms with van der Waals surface area (Å²) in [5.41, 5.74) is 1.38. The van der Waals surface area contributed by atoms with Crippen LogP contribution >= 0.6 is 23.4 Å². The first-order chi connectivity index (χ1) is 9.29. The molecule has 1 fully saturated rings. The van der Waals surface area contributed by atoms with E-state index in [1.165, 1.54) is 18.4 Å². The molecule has 0 amide bonds. The summed E-state index contributed by atoms with van der Waals surface area (Å²) in [6, 6.07) is 8.91. The van der Waals surface area contributed by atoms with E-state index in [2.05, 4.69) is 17.4 Å². The maximum absolute atomic E-state index is 8.68. The van der Waals surface area contributed by atoms with Crippen LogP contribution in [0.2, 0.25) is 5.02 Å². The number of benzene rings is 1. The topological polar surface area (TPSA) is 32.3 Å². The third-order valence-corrected chi connectivity index (χ3v) is 4.89. The molecule has 106 valence electrons. The van der Waals surface area contributed by atoms with E-state index in [1.807, 2.05) is 23.9 Å². The third-order valence-electron chi connectivity index (χ3n) is 3.58. The van der Waals surface area contributed by atoms with E-state index in [0.29, 0.717) is 18.6 Å². The molecular formula is C15H22ClNOS. The lowest BCUT2D eigenvalue weighted by Gasteiger charge is -2.36. The van der Waals surface area contributed by atoms with E-state index < -0.39 is 0 Å². The number of hydrogen-bond acceptors (Lipinski definition) is 3. The molecule has 1 aromatic carbocycles. The highest BCUT2D eigenvalue weighted by Gasteiger charge is 2.29. The van der Waals surface area contributed by atoms with Gasteiger partial charge < -0.3 is 10.4 Å². The molecule has 1 aromatic rings. The Morgan fingerprint density at radius 1 is 1.32 bits per heavy atom. The summed E-state index contributed by atoms with van der Waals surface area (Å²) < 4.78 is 0. The number of nitrogens with one attached hydrogen (secondary N) is 1. The Balaban J connectivity index is 1.56. The molecule has 1 aliphatic rings. The van der Waals surface area contributed by atoms with Crippen molar-refractivity contribution in [2.45, 2.75) is 31.2 Å². The zero-order valence-electron chi connectivity index (χ0n) is 11.1. The summed E-state index contributed by atoms with van der Waals surface area (Å²) in [6.07, 6.45) is 3.36. The normalized spacial score (nSPS) is 22.2. The van der Waals surface area contributed by atoms with Crippen molar-refractivity contribution in [3.63, 3.8) is 0 Å². The minimum Gasteiger partial charge on any atom is -0.396 e. The lowest BCUT2D eigenvalue weighted by atomic mass is 9.76. The van der Waals surface area contributed by atoms with Crippen molar-refractivity contribution >= 4 is 23.4 Å². The molecule has 2 nitrogen and oxygen atoms in total. The molecule has 1 aliphatic carbocycles. The molecule has 0 aliphatic heterocycles. The smallest absolute Gasteiger partial charge is 0.0438 e. The first-order valence-corrected chi connectivity index (χ1v) is 8.50. The van der Waals surface area contributed by atoms with Gasteiger partial charge in [-0.3, -0.25) is 0 Å². The number of rotatable bonds is 8. The Morgan fingerprint density at radius 2 is 2.16 bits per heavy atom. The van der Waals surface area contributed by atoms with Crippen molar-refractivity contribution in [2.24, 2.45) is 0 Å². The minimum absolute atomic E-state index is 0.310. The predicted molar refractivity (Wildman–Crippen MR) is 84.2 cm³/mol. The Morgan fingerprint density at radius 3 is 2.89 bits per heavy atom. The van der Waals surface area contributed by atoms with Gasteiger partial charge in [-0.2, -0.15) is 11.8 Å². The predicted octanol–water partition coefficient (Wildman–Crippen LogP) is 3.29. The second-order valence-electron chi connectivity index (χ2n) is 5.06. The van der Waals surface area contributed by atoms with Crippen molar-refractivity contribution in [2.75, 3.05) is 24.7 Å². The third kappa shape index (κ3) is 4.99. The van der Waals surface area contributed by atoms with E-state index in [-0.39, 0.29) is 0 Å². The maximum atomic E-state index is 8.68. The highest BCUT2D eigenvalue weighted by atomic mass is 35.5. The molecule has 0 spiro atoms. The van der Waals surface area contributed by atoms with E-state index >= 15 is 0 Å². The summed E-state index contributed by atoms with van der Waals surface area (Å²) in [6.45, 7) is 1.38. The van der Waals surface area contributed by atoms with Gasteiger partial charge in [0, 0.05) is 30.0 Å². The highest BCUT2D eigenvalue weighted by Crippen LogP contribution is 2.37. The zero-order valence-corrected chi connectivity index (χ0v) is 12.7. The van der Waals surface area contributed by atoms with Crippen molar-refractivity contribution in [3.05, 3.63) is 34.9 Å². The van der Waals surface area contributed by atoms with Gasteiger partial charge in [0.25, 0.3) is 0 Å². The summed E-state index contributed by atoms with van der Waals surface area (Å²) in [7, 11) is 0. The molecule has 1 saturated carbocycles. The number of aliphatic hydroxyl groups is 1. The number of halogens is 1. The van der Waals surface area contributed by atoms with E-state index in [9.17, 15) is 0 Å². The SMILES string of the molecule is OCCCSCCNC1CC(c2cccc(Cl)c2)C1. The van der Waals surface area contributed by atoms with Gasteiger partial charge in [0.1, 0.15) is 0 Å². The number of aliphatic hydroxyl groups excluding tert-OH is 1. The molecule has 19 heavy (non-hydrogen) atoms. The van der Waals surface area contributed by atoms with Gasteiger partial charge in [-0.05, 0) is 48.6 Å². The fraction of sp³-hybridized carbons (Fsp3) is 0.600. The second kappa shape index (κ2) is 8.15. The molecule has 2 N–H and O–H groups in total. The zero-order chi connectivity index (χ0) is 13.5. The molecule has 2 rings (SSSR count). The van der Waals surface area contributed by atoms with E-state index in [0.717, 1.165) is 29.5 Å². The summed E-state index contributed by atoms with van der Waals surface area (Å²) in [5, 5.41) is 13.1. The fourth-order valence-electron chi connectivity index (χ4n) is 2.42. The quantitative estimate of drug-likeness (QED) is 0.723. The van der Waals surface area contributed by atoms with Crippen LogP contribution in [0.5, 0.6) is 0 Å². The Hall–Kier alpha value is -0.220. The van der Waals surface area contributed by atoms with Gasteiger partial charge in [-0.15, -0.1) is 0 Å². The van der Waals surface area contributed by atoms with Crippen molar-refractivity contribution < 1.29 is 5.11 Å². The second-order valence-corrected chi connectivity index (χ2v) is 6.73. The lowest BCUT2D eigenvalue weighted by Crippen LogP contribution is -2.41. The molecule has 0 atom stereocenters. The molecule has 4 heteroatoms. The Kier molecular flexibility index (Phi) is 6.51. The van der Waals surface area contributed by atoms with Crippen LogP contribution in [0, 0.1) is 0 Å². The standard InChI is InChI=1S/C15H22ClNOS/c16-14-4-1-3-12(9-14)13-10-15(11-13)17-5-8-19-7-2-6-18/h1,3-4,9,13,15,17-18H,2,5-8,10-11H2. The van der Waals surface area contributed by atoms with Gasteiger partial charge in [0.05, 0.1) is 0 Å². The number of hydrogen-bond donors (Lipinski definition) is 2. The van der Waals surface area contributed by atoms with Gasteiger partial charge in [-0.1, -0.05) is 23.7 Å². The Labute approximate surface area is 124 Å². The molecule has 0 unspecified atom stereocenters. The lowest BCUT2D eigenvalue weighted by molar-refractivity contribution is 0.295. The molecular weight excluding hydrogens is 278 g/mol. The van der Waals surface area contributed by atoms with Crippen LogP contribution in [0.1, 0.15) is 30.7 Å². The molecule has 0 saturated heterocycles. The fourth-order valence-corrected chi connectivity index (χ4v) is 3.42. The van der Waals surface area contributed by atoms with E-state index in [4.69, 9.17) is 16.7 Å². The van der Waals surface area contributed by atoms with Crippen molar-refractivity contribution in [1.29, 1.82) is 0 Å². The van der Waals surface area contributed by atoms with Crippen LogP contribution in [-0.4, -0.2) is 35.8 Å². The van der Waals surface area contributed by atoms with E-state index in [1.54, 1.807) is 0 Å². The van der Waals surface area contributed by atoms with Crippen LogP contribution in [-0.2, 0) is 0 Å². The van der Waals surface area contributed by atoms with Gasteiger partial charge in [0.2, 0.25) is 0 Å². The average molecular weight is 300 g/mol. The number of thioether (sulfide) groups is 1. The molecule has 0 bridgehead atoms. The molecule has 0 heterocycles. The van der Waals surface area contributed by atoms with Crippen LogP contribution in [0.4, 0.5) is 0 Å². The van der Waals surface area contributed by atoms with Crippen LogP contribution in [0.25, 0.3) is 0 Å². The maximum Gasteiger partial charge on any atom is 0.0438 e. The van der Waals surface area contributed by atoms with Gasteiger partial charge >= 0.3 is 0 Å². The summed E-state index contributed by atoms with van der Waals surface area (Å²) in [4.78, 5) is 0. The first kappa shape index (κ1) is 15.2. The molecule has 0 radical (unpaired) electrons. The van der Waals surface area contributed by atoms with Gasteiger partial charge in [-0.25, -0.2) is 0 Å². The summed E-state index contributed by atoms with van der Waals surface area (Å²) >= 11 is 7.93. The molecule has 0 aromatic heterocycles. The highest BCUT2D eigenvalue weighted by molar-refractivity contribution is 7.99. The van der Waals surface area contributed by atoms with Gasteiger partial charge in [0.15, 0.2) is 0 Å². The van der Waals surface area contributed by atoms with Crippen LogP contribution in [0.3, 0.4) is 0 Å². The largest absolute Gasteiger partial charge is 0.396 e. The van der Waals surface area contributed by atoms with Crippen LogP contribution < -0.4 is 5.32 Å². The summed E-state index contributed by atoms with van der Waals surface area (Å²) in [5.74, 6) is 2.88. The van der Waals surface area contributed by atoms with Crippen molar-refractivity contribution in [3.8, 4) is 0 Å².